The van der Waals surface area contributed by atoms with Crippen molar-refractivity contribution in [1.82, 2.24) is 0 Å². The van der Waals surface area contributed by atoms with Gasteiger partial charge >= 0.3 is 0 Å². The molecule has 82 valence electrons. The largest absolute Gasteiger partial charge is 0.508 e. The molecule has 4 heteroatoms. The van der Waals surface area contributed by atoms with E-state index in [1.165, 1.54) is 32.1 Å². The van der Waals surface area contributed by atoms with Gasteiger partial charge in [0.25, 0.3) is 0 Å². The van der Waals surface area contributed by atoms with Gasteiger partial charge in [0.05, 0.1) is 18.7 Å². The van der Waals surface area contributed by atoms with Gasteiger partial charge in [0, 0.05) is 12.1 Å². The molecule has 0 unspecified atom stereocenters. The van der Waals surface area contributed by atoms with Gasteiger partial charge in [-0.15, -0.1) is 0 Å². The third-order valence-electron chi connectivity index (χ3n) is 2.37. The highest BCUT2D eigenvalue weighted by Crippen LogP contribution is 2.40. The molecule has 0 aliphatic heterocycles. The summed E-state index contributed by atoms with van der Waals surface area (Å²) >= 11 is 5.95. The Morgan fingerprint density at radius 1 is 1.47 bits per heavy atom. The number of benzene rings is 1. The van der Waals surface area contributed by atoms with Crippen LogP contribution in [0.2, 0.25) is 5.02 Å². The molecular formula is C11H13ClO3. The Bertz CT molecular complexity index is 361. The maximum atomic E-state index is 9.32. The van der Waals surface area contributed by atoms with Crippen LogP contribution in [0.25, 0.3) is 0 Å². The summed E-state index contributed by atoms with van der Waals surface area (Å²) in [5.41, 5.74) is 0. The molecule has 2 rings (SSSR count). The van der Waals surface area contributed by atoms with Gasteiger partial charge in [0.2, 0.25) is 0 Å². The van der Waals surface area contributed by atoms with Crippen molar-refractivity contribution in [3.8, 4) is 17.2 Å². The molecule has 0 atom stereocenters. The Morgan fingerprint density at radius 3 is 2.80 bits per heavy atom. The first-order valence-corrected chi connectivity index (χ1v) is 5.28. The summed E-state index contributed by atoms with van der Waals surface area (Å²) in [6.07, 6.45) is 2.44. The van der Waals surface area contributed by atoms with E-state index in [0.29, 0.717) is 29.0 Å². The summed E-state index contributed by atoms with van der Waals surface area (Å²) < 4.78 is 10.7. The first-order chi connectivity index (χ1) is 7.20. The Morgan fingerprint density at radius 2 is 2.20 bits per heavy atom. The number of phenolic OH excluding ortho intramolecular Hbond substituents is 1. The smallest absolute Gasteiger partial charge is 0.180 e. The fourth-order valence-corrected chi connectivity index (χ4v) is 1.59. The molecule has 0 heterocycles. The lowest BCUT2D eigenvalue weighted by atomic mass is 10.3. The zero-order chi connectivity index (χ0) is 10.8. The van der Waals surface area contributed by atoms with E-state index in [9.17, 15) is 5.11 Å². The Labute approximate surface area is 93.6 Å². The molecule has 1 aromatic carbocycles. The Hall–Kier alpha value is -1.09. The highest BCUT2D eigenvalue weighted by Gasteiger charge is 2.23. The molecular weight excluding hydrogens is 216 g/mol. The zero-order valence-corrected chi connectivity index (χ0v) is 9.25. The molecule has 1 aliphatic carbocycles. The molecule has 0 radical (unpaired) electrons. The van der Waals surface area contributed by atoms with E-state index in [2.05, 4.69) is 0 Å². The minimum absolute atomic E-state index is 0.0793. The highest BCUT2D eigenvalue weighted by molar-refractivity contribution is 6.32. The van der Waals surface area contributed by atoms with Crippen LogP contribution in [0, 0.1) is 5.92 Å². The molecule has 15 heavy (non-hydrogen) atoms. The number of hydrogen-bond donors (Lipinski definition) is 1. The molecule has 0 spiro atoms. The van der Waals surface area contributed by atoms with Crippen molar-refractivity contribution in [1.29, 1.82) is 0 Å². The van der Waals surface area contributed by atoms with Crippen LogP contribution in [0.15, 0.2) is 12.1 Å². The van der Waals surface area contributed by atoms with Crippen LogP contribution >= 0.6 is 11.6 Å². The van der Waals surface area contributed by atoms with Gasteiger partial charge in [-0.2, -0.15) is 0 Å². The lowest BCUT2D eigenvalue weighted by Gasteiger charge is -2.12. The van der Waals surface area contributed by atoms with Gasteiger partial charge < -0.3 is 14.6 Å². The summed E-state index contributed by atoms with van der Waals surface area (Å²) in [6.45, 7) is 0.668. The van der Waals surface area contributed by atoms with E-state index in [-0.39, 0.29) is 5.75 Å². The van der Waals surface area contributed by atoms with Crippen molar-refractivity contribution in [2.75, 3.05) is 13.7 Å². The van der Waals surface area contributed by atoms with Gasteiger partial charge in [0.15, 0.2) is 11.5 Å². The van der Waals surface area contributed by atoms with E-state index in [1.807, 2.05) is 0 Å². The fraction of sp³-hybridized carbons (Fsp3) is 0.455. The fourth-order valence-electron chi connectivity index (χ4n) is 1.33. The number of aromatic hydroxyl groups is 1. The van der Waals surface area contributed by atoms with E-state index in [4.69, 9.17) is 21.1 Å². The molecule has 3 nitrogen and oxygen atoms in total. The maximum Gasteiger partial charge on any atom is 0.180 e. The molecule has 1 aliphatic rings. The topological polar surface area (TPSA) is 38.7 Å². The van der Waals surface area contributed by atoms with E-state index < -0.39 is 0 Å². The van der Waals surface area contributed by atoms with Gasteiger partial charge in [0.1, 0.15) is 5.75 Å². The first-order valence-electron chi connectivity index (χ1n) is 4.90. The third kappa shape index (κ3) is 2.48. The quantitative estimate of drug-likeness (QED) is 0.861. The third-order valence-corrected chi connectivity index (χ3v) is 2.66. The van der Waals surface area contributed by atoms with Crippen LogP contribution in [-0.2, 0) is 0 Å². The number of methoxy groups -OCH3 is 1. The van der Waals surface area contributed by atoms with E-state index >= 15 is 0 Å². The molecule has 1 N–H and O–H groups in total. The summed E-state index contributed by atoms with van der Waals surface area (Å²) in [4.78, 5) is 0. The highest BCUT2D eigenvalue weighted by atomic mass is 35.5. The predicted molar refractivity (Wildman–Crippen MR) is 57.9 cm³/mol. The van der Waals surface area contributed by atoms with E-state index in [0.717, 1.165) is 0 Å². The standard InChI is InChI=1S/C11H13ClO3/c1-14-10-5-8(13)4-9(12)11(10)15-6-7-2-3-7/h4-5,7,13H,2-3,6H2,1H3. The van der Waals surface area contributed by atoms with Gasteiger partial charge in [-0.1, -0.05) is 11.6 Å². The number of ether oxygens (including phenoxy) is 2. The molecule has 0 saturated heterocycles. The van der Waals surface area contributed by atoms with Crippen LogP contribution in [0.1, 0.15) is 12.8 Å². The maximum absolute atomic E-state index is 9.32. The minimum Gasteiger partial charge on any atom is -0.508 e. The minimum atomic E-state index is 0.0793. The van der Waals surface area contributed by atoms with Crippen LogP contribution < -0.4 is 9.47 Å². The monoisotopic (exact) mass is 228 g/mol. The number of hydrogen-bond acceptors (Lipinski definition) is 3. The lowest BCUT2D eigenvalue weighted by molar-refractivity contribution is 0.279. The van der Waals surface area contributed by atoms with Crippen LogP contribution in [0.3, 0.4) is 0 Å². The van der Waals surface area contributed by atoms with Crippen molar-refractivity contribution in [2.45, 2.75) is 12.8 Å². The second kappa shape index (κ2) is 4.19. The van der Waals surface area contributed by atoms with Crippen molar-refractivity contribution in [3.05, 3.63) is 17.2 Å². The normalized spacial score (nSPS) is 15.1. The molecule has 1 aromatic rings. The number of phenols is 1. The molecule has 0 aromatic heterocycles. The predicted octanol–water partition coefficient (Wildman–Crippen LogP) is 2.84. The first kappa shape index (κ1) is 10.4. The average Bonchev–Trinajstić information content (AvgIpc) is 2.99. The molecule has 0 amide bonds. The zero-order valence-electron chi connectivity index (χ0n) is 8.50. The number of rotatable bonds is 4. The molecule has 0 bridgehead atoms. The second-order valence-electron chi connectivity index (χ2n) is 3.71. The van der Waals surface area contributed by atoms with Gasteiger partial charge in [-0.25, -0.2) is 0 Å². The molecule has 1 fully saturated rings. The second-order valence-corrected chi connectivity index (χ2v) is 4.12. The average molecular weight is 229 g/mol. The van der Waals surface area contributed by atoms with Gasteiger partial charge in [-0.05, 0) is 18.8 Å². The summed E-state index contributed by atoms with van der Waals surface area (Å²) in [5.74, 6) is 1.72. The van der Waals surface area contributed by atoms with Crippen LogP contribution in [0.4, 0.5) is 0 Å². The Balaban J connectivity index is 2.17. The van der Waals surface area contributed by atoms with Crippen molar-refractivity contribution in [3.63, 3.8) is 0 Å². The lowest BCUT2D eigenvalue weighted by Crippen LogP contribution is -2.01. The number of halogens is 1. The summed E-state index contributed by atoms with van der Waals surface area (Å²) in [5, 5.41) is 9.70. The van der Waals surface area contributed by atoms with Gasteiger partial charge in [-0.3, -0.25) is 0 Å². The summed E-state index contributed by atoms with van der Waals surface area (Å²) in [6, 6.07) is 2.94. The van der Waals surface area contributed by atoms with Crippen molar-refractivity contribution >= 4 is 11.6 Å². The SMILES string of the molecule is COc1cc(O)cc(Cl)c1OCC1CC1. The van der Waals surface area contributed by atoms with Crippen molar-refractivity contribution in [2.24, 2.45) is 5.92 Å². The van der Waals surface area contributed by atoms with Crippen LogP contribution in [0.5, 0.6) is 17.2 Å². The summed E-state index contributed by atoms with van der Waals surface area (Å²) in [7, 11) is 1.52. The Kier molecular flexibility index (Phi) is 2.91. The molecule has 1 saturated carbocycles. The van der Waals surface area contributed by atoms with Crippen LogP contribution in [-0.4, -0.2) is 18.8 Å². The van der Waals surface area contributed by atoms with Crippen molar-refractivity contribution < 1.29 is 14.6 Å². The van der Waals surface area contributed by atoms with E-state index in [1.54, 1.807) is 0 Å².